The lowest BCUT2D eigenvalue weighted by Crippen LogP contribution is -2.36. The molecule has 2 N–H and O–H groups in total. The van der Waals surface area contributed by atoms with E-state index in [2.05, 4.69) is 29.7 Å². The minimum absolute atomic E-state index is 0.0340. The molecule has 2 aromatic carbocycles. The van der Waals surface area contributed by atoms with Gasteiger partial charge in [0.05, 0.1) is 24.9 Å². The van der Waals surface area contributed by atoms with E-state index < -0.39 is 0 Å². The molecule has 2 aromatic rings. The standard InChI is InChI=1S/C23H30N2O3.C11H20O2/c1-3-5-11-19-20(23(26)24-4-2)12-13-21-22(19)28-16-18(25-21)15-27-14-17-9-7-6-8-10-17;1-5-8(2)11(13)9(3)6-7-10(4)12/h6-10,12-13,18,25H,3-5,11,14-16H2,1-2H3,(H,24,26);8-9H,5-7H2,1-4H3. The van der Waals surface area contributed by atoms with E-state index in [1.165, 1.54) is 0 Å². The second-order valence-electron chi connectivity index (χ2n) is 10.9. The van der Waals surface area contributed by atoms with Gasteiger partial charge in [-0.15, -0.1) is 0 Å². The van der Waals surface area contributed by atoms with E-state index in [1.54, 1.807) is 6.92 Å². The van der Waals surface area contributed by atoms with Crippen LogP contribution in [-0.4, -0.2) is 43.3 Å². The van der Waals surface area contributed by atoms with Crippen LogP contribution >= 0.6 is 0 Å². The minimum Gasteiger partial charge on any atom is -0.489 e. The quantitative estimate of drug-likeness (QED) is 0.247. The van der Waals surface area contributed by atoms with Gasteiger partial charge in [0.2, 0.25) is 0 Å². The molecule has 1 amide bonds. The number of fused-ring (bicyclic) bond motifs is 1. The molecule has 3 atom stereocenters. The molecule has 0 bridgehead atoms. The summed E-state index contributed by atoms with van der Waals surface area (Å²) in [5.41, 5.74) is 3.82. The van der Waals surface area contributed by atoms with Crippen LogP contribution in [0.25, 0.3) is 0 Å². The average molecular weight is 567 g/mol. The second-order valence-corrected chi connectivity index (χ2v) is 10.9. The van der Waals surface area contributed by atoms with E-state index in [4.69, 9.17) is 9.47 Å². The van der Waals surface area contributed by atoms with Crippen molar-refractivity contribution in [3.8, 4) is 5.75 Å². The van der Waals surface area contributed by atoms with Gasteiger partial charge in [0.25, 0.3) is 5.91 Å². The lowest BCUT2D eigenvalue weighted by atomic mass is 9.90. The maximum absolute atomic E-state index is 12.4. The molecule has 0 fully saturated rings. The summed E-state index contributed by atoms with van der Waals surface area (Å²) in [6.45, 7) is 13.8. The number of nitrogens with one attached hydrogen (secondary N) is 2. The number of ketones is 2. The first-order valence-corrected chi connectivity index (χ1v) is 15.2. The van der Waals surface area contributed by atoms with Gasteiger partial charge < -0.3 is 24.9 Å². The van der Waals surface area contributed by atoms with Crippen molar-refractivity contribution in [2.45, 2.75) is 92.7 Å². The maximum atomic E-state index is 12.4. The van der Waals surface area contributed by atoms with E-state index in [0.717, 1.165) is 53.8 Å². The van der Waals surface area contributed by atoms with E-state index in [9.17, 15) is 14.4 Å². The molecule has 226 valence electrons. The van der Waals surface area contributed by atoms with Crippen molar-refractivity contribution in [3.05, 3.63) is 59.2 Å². The lowest BCUT2D eigenvalue weighted by molar-refractivity contribution is -0.126. The first-order valence-electron chi connectivity index (χ1n) is 15.2. The first kappa shape index (κ1) is 34.0. The Hall–Kier alpha value is -3.19. The molecular weight excluding hydrogens is 516 g/mol. The number of rotatable bonds is 15. The van der Waals surface area contributed by atoms with Crippen LogP contribution < -0.4 is 15.4 Å². The summed E-state index contributed by atoms with van der Waals surface area (Å²) in [4.78, 5) is 34.7. The summed E-state index contributed by atoms with van der Waals surface area (Å²) in [5, 5.41) is 6.42. The number of ether oxygens (including phenoxy) is 2. The topological polar surface area (TPSA) is 93.7 Å². The maximum Gasteiger partial charge on any atom is 0.251 e. The van der Waals surface area contributed by atoms with Crippen LogP contribution in [0.15, 0.2) is 42.5 Å². The zero-order valence-electron chi connectivity index (χ0n) is 25.9. The van der Waals surface area contributed by atoms with Crippen LogP contribution in [0, 0.1) is 11.8 Å². The Morgan fingerprint density at radius 2 is 1.78 bits per heavy atom. The summed E-state index contributed by atoms with van der Waals surface area (Å²) < 4.78 is 12.0. The van der Waals surface area contributed by atoms with Crippen LogP contribution in [0.3, 0.4) is 0 Å². The summed E-state index contributed by atoms with van der Waals surface area (Å²) in [6, 6.07) is 14.1. The average Bonchev–Trinajstić information content (AvgIpc) is 2.98. The third kappa shape index (κ3) is 11.3. The Morgan fingerprint density at radius 1 is 1.05 bits per heavy atom. The normalized spacial score (nSPS) is 15.2. The number of benzene rings is 2. The van der Waals surface area contributed by atoms with Crippen LogP contribution in [0.4, 0.5) is 5.69 Å². The second kappa shape index (κ2) is 18.3. The minimum atomic E-state index is -0.0340. The Kier molecular flexibility index (Phi) is 15.2. The number of carbonyl (C=O) groups excluding carboxylic acids is 3. The van der Waals surface area contributed by atoms with Gasteiger partial charge in [-0.25, -0.2) is 0 Å². The van der Waals surface area contributed by atoms with Gasteiger partial charge in [0.1, 0.15) is 23.9 Å². The summed E-state index contributed by atoms with van der Waals surface area (Å²) >= 11 is 0. The monoisotopic (exact) mass is 566 g/mol. The van der Waals surface area contributed by atoms with Gasteiger partial charge in [0, 0.05) is 35.9 Å². The number of hydrogen-bond acceptors (Lipinski definition) is 6. The zero-order valence-corrected chi connectivity index (χ0v) is 25.9. The zero-order chi connectivity index (χ0) is 30.2. The van der Waals surface area contributed by atoms with Gasteiger partial charge in [0.15, 0.2) is 0 Å². The smallest absolute Gasteiger partial charge is 0.251 e. The highest BCUT2D eigenvalue weighted by molar-refractivity contribution is 5.97. The molecule has 0 aromatic heterocycles. The highest BCUT2D eigenvalue weighted by Crippen LogP contribution is 2.36. The fourth-order valence-corrected chi connectivity index (χ4v) is 4.65. The predicted molar refractivity (Wildman–Crippen MR) is 166 cm³/mol. The molecule has 7 heteroatoms. The van der Waals surface area contributed by atoms with Crippen LogP contribution in [0.1, 0.15) is 95.1 Å². The van der Waals surface area contributed by atoms with Gasteiger partial charge >= 0.3 is 0 Å². The lowest BCUT2D eigenvalue weighted by Gasteiger charge is -2.30. The Bertz CT molecular complexity index is 1100. The largest absolute Gasteiger partial charge is 0.489 e. The Balaban J connectivity index is 0.000000383. The molecular formula is C34H50N2O5. The summed E-state index contributed by atoms with van der Waals surface area (Å²) in [6.07, 6.45) is 5.06. The predicted octanol–water partition coefficient (Wildman–Crippen LogP) is 6.78. The molecule has 0 saturated carbocycles. The van der Waals surface area contributed by atoms with Crippen molar-refractivity contribution in [3.63, 3.8) is 0 Å². The number of anilines is 1. The van der Waals surface area contributed by atoms with Crippen molar-refractivity contribution in [1.29, 1.82) is 0 Å². The summed E-state index contributed by atoms with van der Waals surface area (Å²) in [5.74, 6) is 1.43. The van der Waals surface area contributed by atoms with Crippen molar-refractivity contribution < 1.29 is 23.9 Å². The van der Waals surface area contributed by atoms with Crippen molar-refractivity contribution in [2.75, 3.05) is 25.1 Å². The molecule has 1 heterocycles. The van der Waals surface area contributed by atoms with Crippen LogP contribution in [0.5, 0.6) is 5.75 Å². The third-order valence-corrected chi connectivity index (χ3v) is 7.36. The Labute approximate surface area is 246 Å². The molecule has 1 aliphatic heterocycles. The molecule has 0 radical (unpaired) electrons. The number of unbranched alkanes of at least 4 members (excludes halogenated alkanes) is 1. The van der Waals surface area contributed by atoms with Crippen molar-refractivity contribution >= 4 is 23.2 Å². The fourth-order valence-electron chi connectivity index (χ4n) is 4.65. The molecule has 3 unspecified atom stereocenters. The van der Waals surface area contributed by atoms with Crippen LogP contribution in [-0.2, 0) is 27.4 Å². The molecule has 41 heavy (non-hydrogen) atoms. The third-order valence-electron chi connectivity index (χ3n) is 7.36. The number of carbonyl (C=O) groups is 3. The number of hydrogen-bond donors (Lipinski definition) is 2. The van der Waals surface area contributed by atoms with Gasteiger partial charge in [-0.2, -0.15) is 0 Å². The van der Waals surface area contributed by atoms with Crippen molar-refractivity contribution in [1.82, 2.24) is 5.32 Å². The highest BCUT2D eigenvalue weighted by atomic mass is 16.5. The van der Waals surface area contributed by atoms with Gasteiger partial charge in [-0.05, 0) is 57.2 Å². The molecule has 3 rings (SSSR count). The summed E-state index contributed by atoms with van der Waals surface area (Å²) in [7, 11) is 0. The van der Waals surface area contributed by atoms with Crippen LogP contribution in [0.2, 0.25) is 0 Å². The molecule has 0 saturated heterocycles. The van der Waals surface area contributed by atoms with Gasteiger partial charge in [-0.1, -0.05) is 64.4 Å². The number of amides is 1. The molecule has 0 spiro atoms. The van der Waals surface area contributed by atoms with Gasteiger partial charge in [-0.3, -0.25) is 9.59 Å². The highest BCUT2D eigenvalue weighted by Gasteiger charge is 2.25. The number of Topliss-reactive ketones (excluding diaryl/α,β-unsaturated/α-hetero) is 2. The van der Waals surface area contributed by atoms with Crippen molar-refractivity contribution in [2.24, 2.45) is 11.8 Å². The first-order chi connectivity index (χ1) is 19.7. The Morgan fingerprint density at radius 3 is 2.41 bits per heavy atom. The van der Waals surface area contributed by atoms with E-state index in [1.807, 2.05) is 58.0 Å². The molecule has 7 nitrogen and oxygen atoms in total. The fraction of sp³-hybridized carbons (Fsp3) is 0.559. The van der Waals surface area contributed by atoms with E-state index >= 15 is 0 Å². The molecule has 1 aliphatic rings. The van der Waals surface area contributed by atoms with E-state index in [0.29, 0.717) is 45.0 Å². The SMILES string of the molecule is CCC(C)C(=O)C(C)CCC(C)=O.CCCCc1c(C(=O)NCC)ccc2c1OCC(COCc1ccccc1)N2. The molecule has 0 aliphatic carbocycles. The van der Waals surface area contributed by atoms with E-state index in [-0.39, 0.29) is 29.6 Å².